The number of carbonyl (C=O) groups is 3. The Balaban J connectivity index is 1.34. The van der Waals surface area contributed by atoms with Crippen LogP contribution in [0.15, 0.2) is 64.3 Å². The number of methoxy groups -OCH3 is 3. The average molecular weight is 817 g/mol. The van der Waals surface area contributed by atoms with E-state index in [1.54, 1.807) is 0 Å². The second-order valence-corrected chi connectivity index (χ2v) is 18.1. The molecule has 6 aliphatic heterocycles. The summed E-state index contributed by atoms with van der Waals surface area (Å²) in [6.07, 6.45) is 10.5. The Morgan fingerprint density at radius 2 is 1.81 bits per heavy atom. The van der Waals surface area contributed by atoms with Crippen LogP contribution in [0.4, 0.5) is 14.5 Å². The second-order valence-electron chi connectivity index (χ2n) is 18.1. The molecule has 1 saturated carbocycles. The van der Waals surface area contributed by atoms with Gasteiger partial charge in [-0.25, -0.2) is 13.6 Å². The van der Waals surface area contributed by atoms with Gasteiger partial charge in [-0.05, 0) is 62.3 Å². The quantitative estimate of drug-likeness (QED) is 0.235. The summed E-state index contributed by atoms with van der Waals surface area (Å²) in [7, 11) is 5.92. The Morgan fingerprint density at radius 1 is 1.05 bits per heavy atom. The molecule has 1 N–H and O–H groups in total. The summed E-state index contributed by atoms with van der Waals surface area (Å²) in [5.74, 6) is -5.97. The summed E-state index contributed by atoms with van der Waals surface area (Å²) in [6, 6.07) is 2.53. The van der Waals surface area contributed by atoms with Gasteiger partial charge in [0.05, 0.1) is 38.8 Å². The van der Waals surface area contributed by atoms with E-state index >= 15 is 13.6 Å². The van der Waals surface area contributed by atoms with Crippen LogP contribution in [0.1, 0.15) is 64.0 Å². The first kappa shape index (κ1) is 40.0. The van der Waals surface area contributed by atoms with Crippen LogP contribution < -0.4 is 9.64 Å². The van der Waals surface area contributed by atoms with Crippen molar-refractivity contribution >= 4 is 29.3 Å². The molecule has 9 rings (SSSR count). The van der Waals surface area contributed by atoms with Crippen LogP contribution in [0.5, 0.6) is 5.75 Å². The Hall–Kier alpha value is -4.40. The fourth-order valence-corrected chi connectivity index (χ4v) is 13.3. The zero-order chi connectivity index (χ0) is 42.0. The Morgan fingerprint density at radius 3 is 2.49 bits per heavy atom. The summed E-state index contributed by atoms with van der Waals surface area (Å²) in [6.45, 7) is 6.52. The maximum absolute atomic E-state index is 15.3. The minimum absolute atomic E-state index is 0.137. The van der Waals surface area contributed by atoms with Gasteiger partial charge in [-0.2, -0.15) is 0 Å². The topological polar surface area (TPSA) is 130 Å². The van der Waals surface area contributed by atoms with Crippen molar-refractivity contribution < 1.29 is 47.2 Å². The second kappa shape index (κ2) is 13.6. The van der Waals surface area contributed by atoms with Crippen molar-refractivity contribution in [2.75, 3.05) is 66.0 Å². The molecule has 2 saturated heterocycles. The molecule has 1 unspecified atom stereocenters. The van der Waals surface area contributed by atoms with Crippen LogP contribution in [0, 0.1) is 17.3 Å². The predicted octanol–water partition coefficient (Wildman–Crippen LogP) is 4.64. The SMILES string of the molecule is CC[C@@]12C=CCN3CC[C@@]4(c5cc([C@]6(C(=O)OC)C[C@H]7C[C@@H](C(C)(F)F)CN(CC8=C6N=C6CC=CC=C68)C7)c(OC)cc5N(C)[C@H]4[C@@](O)(C(=O)OC)[C@@H]1OC(C)=O)[C@H]32. The molecule has 8 aliphatic rings. The van der Waals surface area contributed by atoms with Gasteiger partial charge in [0.15, 0.2) is 6.10 Å². The van der Waals surface area contributed by atoms with E-state index in [-0.39, 0.29) is 31.3 Å². The van der Waals surface area contributed by atoms with Crippen molar-refractivity contribution in [2.45, 2.75) is 93.4 Å². The van der Waals surface area contributed by atoms with Crippen LogP contribution in [-0.2, 0) is 39.4 Å². The number of ether oxygens (including phenoxy) is 4. The smallest absolute Gasteiger partial charge is 0.344 e. The van der Waals surface area contributed by atoms with Gasteiger partial charge in [-0.15, -0.1) is 0 Å². The van der Waals surface area contributed by atoms with Crippen molar-refractivity contribution in [3.8, 4) is 5.75 Å². The van der Waals surface area contributed by atoms with Gasteiger partial charge in [-0.1, -0.05) is 37.3 Å². The molecular weight excluding hydrogens is 763 g/mol. The number of alkyl halides is 2. The van der Waals surface area contributed by atoms with Crippen molar-refractivity contribution in [1.29, 1.82) is 0 Å². The molecular formula is C45H54F2N4O8. The van der Waals surface area contributed by atoms with Crippen molar-refractivity contribution in [3.05, 3.63) is 70.5 Å². The number of piperidine rings is 1. The Bertz CT molecular complexity index is 2180. The summed E-state index contributed by atoms with van der Waals surface area (Å²) in [4.78, 5) is 54.1. The van der Waals surface area contributed by atoms with Crippen molar-refractivity contribution in [3.63, 3.8) is 0 Å². The van der Waals surface area contributed by atoms with E-state index in [1.807, 2.05) is 61.4 Å². The fourth-order valence-electron chi connectivity index (χ4n) is 13.3. The average Bonchev–Trinajstić information content (AvgIpc) is 3.86. The number of benzene rings is 1. The van der Waals surface area contributed by atoms with Gasteiger partial charge in [0, 0.05) is 92.3 Å². The first-order chi connectivity index (χ1) is 28.1. The summed E-state index contributed by atoms with van der Waals surface area (Å²) < 4.78 is 54.3. The number of rotatable bonds is 7. The van der Waals surface area contributed by atoms with Gasteiger partial charge in [0.25, 0.3) is 0 Å². The van der Waals surface area contributed by atoms with E-state index < -0.39 is 63.7 Å². The number of carbonyl (C=O) groups excluding carboxylic acids is 3. The van der Waals surface area contributed by atoms with Crippen molar-refractivity contribution in [1.82, 2.24) is 9.80 Å². The zero-order valence-electron chi connectivity index (χ0n) is 34.8. The van der Waals surface area contributed by atoms with E-state index in [9.17, 15) is 14.7 Å². The number of nitrogens with zero attached hydrogens (tertiary/aromatic N) is 4. The molecule has 1 aromatic rings. The molecule has 0 amide bonds. The molecule has 14 heteroatoms. The molecule has 1 aromatic carbocycles. The van der Waals surface area contributed by atoms with Gasteiger partial charge in [-0.3, -0.25) is 24.4 Å². The lowest BCUT2D eigenvalue weighted by molar-refractivity contribution is -0.228. The normalized spacial score (nSPS) is 37.8. The number of aliphatic hydroxyl groups is 1. The first-order valence-corrected chi connectivity index (χ1v) is 20.8. The highest BCUT2D eigenvalue weighted by Crippen LogP contribution is 2.68. The van der Waals surface area contributed by atoms with E-state index in [0.29, 0.717) is 68.1 Å². The van der Waals surface area contributed by atoms with E-state index in [4.69, 9.17) is 23.9 Å². The highest BCUT2D eigenvalue weighted by Gasteiger charge is 2.80. The van der Waals surface area contributed by atoms with Gasteiger partial charge in [0.1, 0.15) is 11.2 Å². The lowest BCUT2D eigenvalue weighted by Gasteiger charge is -2.63. The van der Waals surface area contributed by atoms with Gasteiger partial charge >= 0.3 is 17.9 Å². The number of fused-ring (bicyclic) bond motifs is 5. The molecule has 2 bridgehead atoms. The number of hydrogen-bond donors (Lipinski definition) is 1. The standard InChI is InChI=1S/C45H54F2N4O8/c1-8-42-14-11-16-51-17-15-43(36(42)51)30-19-31(34(56-5)20-33(30)49(4)37(43)45(55,40(54)58-7)38(42)59-25(2)52)44(39(53)57-6)21-26-18-27(41(3,46)47)23-50(22-26)24-29-28-12-9-10-13-32(28)48-35(29)44/h9-12,14,19-20,26-27,36-38,55H,8,13,15-18,21-24H2,1-7H3/t26-,27-,36-,37-,38-,42+,43-,44-,45+/m1/s1. The number of hydrogen-bond acceptors (Lipinski definition) is 12. The molecule has 6 heterocycles. The van der Waals surface area contributed by atoms with E-state index in [0.717, 1.165) is 29.3 Å². The van der Waals surface area contributed by atoms with Gasteiger partial charge < -0.3 is 29.0 Å². The minimum Gasteiger partial charge on any atom is -0.496 e. The Kier molecular flexibility index (Phi) is 9.20. The fraction of sp³-hybridized carbons (Fsp3) is 0.600. The highest BCUT2D eigenvalue weighted by molar-refractivity contribution is 6.10. The van der Waals surface area contributed by atoms with Crippen LogP contribution in [0.2, 0.25) is 0 Å². The van der Waals surface area contributed by atoms with Crippen LogP contribution in [-0.4, -0.2) is 129 Å². The Labute approximate surface area is 343 Å². The molecule has 2 aliphatic carbocycles. The summed E-state index contributed by atoms with van der Waals surface area (Å²) >= 11 is 0. The zero-order valence-corrected chi connectivity index (χ0v) is 34.8. The predicted molar refractivity (Wildman–Crippen MR) is 214 cm³/mol. The molecule has 12 nitrogen and oxygen atoms in total. The number of allylic oxidation sites excluding steroid dienone is 3. The molecule has 1 spiro atoms. The molecule has 59 heavy (non-hydrogen) atoms. The third-order valence-corrected chi connectivity index (χ3v) is 15.3. The lowest BCUT2D eigenvalue weighted by Crippen LogP contribution is -2.81. The third kappa shape index (κ3) is 5.20. The van der Waals surface area contributed by atoms with E-state index in [1.165, 1.54) is 28.3 Å². The number of likely N-dealkylation sites (N-methyl/N-ethyl adjacent to an activating group) is 1. The first-order valence-electron chi connectivity index (χ1n) is 20.8. The molecule has 0 radical (unpaired) electrons. The number of halogens is 2. The summed E-state index contributed by atoms with van der Waals surface area (Å²) in [5.41, 5.74) is -0.945. The summed E-state index contributed by atoms with van der Waals surface area (Å²) in [5, 5.41) is 13.3. The molecule has 0 aromatic heterocycles. The van der Waals surface area contributed by atoms with Crippen LogP contribution in [0.25, 0.3) is 0 Å². The minimum atomic E-state index is -2.94. The van der Waals surface area contributed by atoms with Gasteiger partial charge in [0.2, 0.25) is 11.5 Å². The van der Waals surface area contributed by atoms with Crippen LogP contribution >= 0.6 is 0 Å². The molecule has 10 atom stereocenters. The maximum atomic E-state index is 15.3. The third-order valence-electron chi connectivity index (χ3n) is 15.3. The lowest BCUT2D eigenvalue weighted by atomic mass is 9.47. The van der Waals surface area contributed by atoms with E-state index in [2.05, 4.69) is 9.80 Å². The highest BCUT2D eigenvalue weighted by atomic mass is 19.3. The number of esters is 3. The van der Waals surface area contributed by atoms with Crippen molar-refractivity contribution in [2.24, 2.45) is 22.2 Å². The van der Waals surface area contributed by atoms with Crippen LogP contribution in [0.3, 0.4) is 0 Å². The molecule has 3 fully saturated rings. The number of aliphatic imine (C=N–C) groups is 1. The maximum Gasteiger partial charge on any atom is 0.344 e. The number of anilines is 1. The monoisotopic (exact) mass is 816 g/mol. The largest absolute Gasteiger partial charge is 0.496 e. The molecule has 316 valence electrons.